The molecule has 0 aliphatic carbocycles. The minimum absolute atomic E-state index is 0.0924. The topological polar surface area (TPSA) is 76.2 Å². The lowest BCUT2D eigenvalue weighted by molar-refractivity contribution is -0.139. The second kappa shape index (κ2) is 6.39. The van der Waals surface area contributed by atoms with Gasteiger partial charge in [0.25, 0.3) is 0 Å². The summed E-state index contributed by atoms with van der Waals surface area (Å²) in [5.41, 5.74) is -0.379. The monoisotopic (exact) mass is 316 g/mol. The Labute approximate surface area is 127 Å². The lowest BCUT2D eigenvalue weighted by Gasteiger charge is -2.24. The summed E-state index contributed by atoms with van der Waals surface area (Å²) < 4.78 is 5.31. The van der Waals surface area contributed by atoms with Crippen molar-refractivity contribution in [2.75, 3.05) is 11.5 Å². The molecule has 1 fully saturated rings. The van der Waals surface area contributed by atoms with E-state index in [1.165, 1.54) is 5.75 Å². The SMILES string of the molecule is CC1SCCSC1c1noc(CC(C)(C)CC(=O)O)n1. The molecular weight excluding hydrogens is 296 g/mol. The fraction of sp³-hybridized carbons (Fsp3) is 0.769. The van der Waals surface area contributed by atoms with Crippen LogP contribution in [0.3, 0.4) is 0 Å². The Morgan fingerprint density at radius 1 is 1.45 bits per heavy atom. The highest BCUT2D eigenvalue weighted by atomic mass is 32.2. The molecule has 2 heterocycles. The molecule has 1 aliphatic rings. The third-order valence-corrected chi connectivity index (χ3v) is 6.27. The van der Waals surface area contributed by atoms with Gasteiger partial charge in [-0.2, -0.15) is 16.7 Å². The van der Waals surface area contributed by atoms with Crippen molar-refractivity contribution in [2.24, 2.45) is 5.41 Å². The van der Waals surface area contributed by atoms with Crippen LogP contribution in [0.4, 0.5) is 0 Å². The van der Waals surface area contributed by atoms with Gasteiger partial charge in [-0.3, -0.25) is 4.79 Å². The maximum atomic E-state index is 10.8. The fourth-order valence-corrected chi connectivity index (χ4v) is 4.93. The van der Waals surface area contributed by atoms with E-state index in [2.05, 4.69) is 17.1 Å². The van der Waals surface area contributed by atoms with Crippen molar-refractivity contribution in [2.45, 2.75) is 44.1 Å². The summed E-state index contributed by atoms with van der Waals surface area (Å²) in [6.45, 7) is 5.99. The zero-order valence-corrected chi connectivity index (χ0v) is 13.6. The highest BCUT2D eigenvalue weighted by molar-refractivity contribution is 8.06. The summed E-state index contributed by atoms with van der Waals surface area (Å²) in [6.07, 6.45) is 0.584. The van der Waals surface area contributed by atoms with Gasteiger partial charge in [-0.15, -0.1) is 11.8 Å². The number of carbonyl (C=O) groups is 1. The number of carboxylic acid groups (broad SMARTS) is 1. The highest BCUT2D eigenvalue weighted by Crippen LogP contribution is 2.41. The summed E-state index contributed by atoms with van der Waals surface area (Å²) >= 11 is 3.80. The van der Waals surface area contributed by atoms with Gasteiger partial charge in [-0.25, -0.2) is 0 Å². The van der Waals surface area contributed by atoms with Crippen LogP contribution in [0.15, 0.2) is 4.52 Å². The Hall–Kier alpha value is -0.690. The van der Waals surface area contributed by atoms with E-state index >= 15 is 0 Å². The first-order valence-electron chi connectivity index (χ1n) is 6.65. The van der Waals surface area contributed by atoms with Gasteiger partial charge in [-0.1, -0.05) is 25.9 Å². The molecule has 1 aromatic rings. The average molecular weight is 316 g/mol. The van der Waals surface area contributed by atoms with Gasteiger partial charge < -0.3 is 9.63 Å². The van der Waals surface area contributed by atoms with Gasteiger partial charge in [0, 0.05) is 23.2 Å². The second-order valence-corrected chi connectivity index (χ2v) is 8.56. The van der Waals surface area contributed by atoms with Crippen molar-refractivity contribution < 1.29 is 14.4 Å². The van der Waals surface area contributed by atoms with Gasteiger partial charge >= 0.3 is 5.97 Å². The van der Waals surface area contributed by atoms with Crippen LogP contribution in [0.5, 0.6) is 0 Å². The van der Waals surface area contributed by atoms with E-state index in [0.29, 0.717) is 17.6 Å². The van der Waals surface area contributed by atoms with Crippen LogP contribution in [0, 0.1) is 5.41 Å². The van der Waals surface area contributed by atoms with Crippen LogP contribution in [0.2, 0.25) is 0 Å². The maximum Gasteiger partial charge on any atom is 0.303 e. The largest absolute Gasteiger partial charge is 0.481 e. The van der Waals surface area contributed by atoms with Crippen molar-refractivity contribution in [3.8, 4) is 0 Å². The number of aromatic nitrogens is 2. The predicted octanol–water partition coefficient (Wildman–Crippen LogP) is 3.02. The Bertz CT molecular complexity index is 476. The fourth-order valence-electron chi connectivity index (χ4n) is 2.25. The molecule has 2 atom stereocenters. The van der Waals surface area contributed by atoms with Crippen molar-refractivity contribution in [1.82, 2.24) is 10.1 Å². The van der Waals surface area contributed by atoms with E-state index in [4.69, 9.17) is 9.63 Å². The summed E-state index contributed by atoms with van der Waals surface area (Å²) in [6, 6.07) is 0. The molecule has 20 heavy (non-hydrogen) atoms. The van der Waals surface area contributed by atoms with Crippen molar-refractivity contribution >= 4 is 29.5 Å². The van der Waals surface area contributed by atoms with Gasteiger partial charge in [0.2, 0.25) is 5.89 Å². The number of nitrogens with zero attached hydrogens (tertiary/aromatic N) is 2. The zero-order valence-electron chi connectivity index (χ0n) is 12.0. The van der Waals surface area contributed by atoms with Crippen LogP contribution in [-0.2, 0) is 11.2 Å². The molecule has 1 aliphatic heterocycles. The van der Waals surface area contributed by atoms with Crippen LogP contribution < -0.4 is 0 Å². The lowest BCUT2D eigenvalue weighted by atomic mass is 9.86. The molecule has 0 radical (unpaired) electrons. The molecule has 7 heteroatoms. The van der Waals surface area contributed by atoms with Crippen LogP contribution >= 0.6 is 23.5 Å². The number of carboxylic acids is 1. The van der Waals surface area contributed by atoms with Crippen LogP contribution in [-0.4, -0.2) is 38.0 Å². The molecule has 2 rings (SSSR count). The third-order valence-electron chi connectivity index (χ3n) is 3.19. The van der Waals surface area contributed by atoms with Gasteiger partial charge in [-0.05, 0) is 5.41 Å². The standard InChI is InChI=1S/C13H20N2O3S2/c1-8-11(20-5-4-19-8)12-14-9(18-15-12)6-13(2,3)7-10(16)17/h8,11H,4-7H2,1-3H3,(H,16,17). The molecule has 112 valence electrons. The number of thioether (sulfide) groups is 2. The summed E-state index contributed by atoms with van der Waals surface area (Å²) in [5, 5.41) is 13.7. The van der Waals surface area contributed by atoms with E-state index in [1.54, 1.807) is 0 Å². The molecule has 1 saturated heterocycles. The predicted molar refractivity (Wildman–Crippen MR) is 81.2 cm³/mol. The van der Waals surface area contributed by atoms with Crippen molar-refractivity contribution in [3.05, 3.63) is 11.7 Å². The molecule has 1 N–H and O–H groups in total. The number of aliphatic carboxylic acids is 1. The van der Waals surface area contributed by atoms with Crippen LogP contribution in [0.1, 0.15) is 44.2 Å². The smallest absolute Gasteiger partial charge is 0.303 e. The van der Waals surface area contributed by atoms with Crippen molar-refractivity contribution in [3.63, 3.8) is 0 Å². The first-order valence-corrected chi connectivity index (χ1v) is 8.75. The number of hydrogen-bond donors (Lipinski definition) is 1. The van der Waals surface area contributed by atoms with Gasteiger partial charge in [0.1, 0.15) is 0 Å². The molecule has 1 aromatic heterocycles. The van der Waals surface area contributed by atoms with E-state index < -0.39 is 5.97 Å². The molecule has 5 nitrogen and oxygen atoms in total. The zero-order chi connectivity index (χ0) is 14.8. The Kier molecular flexibility index (Phi) is 5.01. The minimum atomic E-state index is -0.803. The Morgan fingerprint density at radius 2 is 2.15 bits per heavy atom. The molecule has 0 spiro atoms. The maximum absolute atomic E-state index is 10.8. The molecule has 0 amide bonds. The first-order chi connectivity index (χ1) is 9.37. The normalized spacial score (nSPS) is 23.8. The van der Waals surface area contributed by atoms with Crippen LogP contribution in [0.25, 0.3) is 0 Å². The molecule has 0 bridgehead atoms. The van der Waals surface area contributed by atoms with E-state index in [9.17, 15) is 4.79 Å². The molecular formula is C13H20N2O3S2. The third kappa shape index (κ3) is 4.15. The molecule has 0 aromatic carbocycles. The highest BCUT2D eigenvalue weighted by Gasteiger charge is 2.30. The van der Waals surface area contributed by atoms with E-state index in [-0.39, 0.29) is 17.1 Å². The quantitative estimate of drug-likeness (QED) is 0.894. The first kappa shape index (κ1) is 15.7. The van der Waals surface area contributed by atoms with E-state index in [0.717, 1.165) is 11.6 Å². The Morgan fingerprint density at radius 3 is 2.80 bits per heavy atom. The number of rotatable bonds is 5. The average Bonchev–Trinajstić information content (AvgIpc) is 2.75. The van der Waals surface area contributed by atoms with Gasteiger partial charge in [0.05, 0.1) is 11.7 Å². The molecule has 2 unspecified atom stereocenters. The van der Waals surface area contributed by atoms with Gasteiger partial charge in [0.15, 0.2) is 5.82 Å². The molecule has 0 saturated carbocycles. The van der Waals surface area contributed by atoms with Crippen molar-refractivity contribution in [1.29, 1.82) is 0 Å². The summed E-state index contributed by atoms with van der Waals surface area (Å²) in [5.74, 6) is 2.75. The Balaban J connectivity index is 2.03. The second-order valence-electron chi connectivity index (χ2n) is 5.83. The summed E-state index contributed by atoms with van der Waals surface area (Å²) in [4.78, 5) is 15.3. The van der Waals surface area contributed by atoms with E-state index in [1.807, 2.05) is 37.4 Å². The minimum Gasteiger partial charge on any atom is -0.481 e. The summed E-state index contributed by atoms with van der Waals surface area (Å²) in [7, 11) is 0. The number of hydrogen-bond acceptors (Lipinski definition) is 6. The lowest BCUT2D eigenvalue weighted by Crippen LogP contribution is -2.20.